The van der Waals surface area contributed by atoms with Crippen molar-refractivity contribution in [1.82, 2.24) is 39.0 Å². The molecule has 8 heteroatoms. The fourth-order valence-electron chi connectivity index (χ4n) is 2.40. The zero-order valence-corrected chi connectivity index (χ0v) is 15.2. The van der Waals surface area contributed by atoms with E-state index in [4.69, 9.17) is 0 Å². The zero-order valence-electron chi connectivity index (χ0n) is 15.2. The Morgan fingerprint density at radius 1 is 0.577 bits per heavy atom. The van der Waals surface area contributed by atoms with Crippen LogP contribution in [0.3, 0.4) is 0 Å². The molecule has 0 fully saturated rings. The van der Waals surface area contributed by atoms with Crippen molar-refractivity contribution in [2.24, 2.45) is 0 Å². The highest BCUT2D eigenvalue weighted by Gasteiger charge is 2.01. The van der Waals surface area contributed by atoms with E-state index in [1.807, 2.05) is 52.2 Å². The van der Waals surface area contributed by atoms with Crippen LogP contribution in [-0.4, -0.2) is 39.0 Å². The second kappa shape index (κ2) is 7.64. The lowest BCUT2D eigenvalue weighted by Crippen LogP contribution is -2.01. The summed E-state index contributed by atoms with van der Waals surface area (Å²) in [6.45, 7) is 7.81. The quantitative estimate of drug-likeness (QED) is 0.553. The monoisotopic (exact) mass is 348 g/mol. The maximum absolute atomic E-state index is 4.29. The van der Waals surface area contributed by atoms with Crippen molar-refractivity contribution in [2.45, 2.75) is 27.7 Å². The smallest absolute Gasteiger partial charge is 0.235 e. The summed E-state index contributed by atoms with van der Waals surface area (Å²) < 4.78 is 3.58. The molecule has 132 valence electrons. The van der Waals surface area contributed by atoms with Gasteiger partial charge in [-0.2, -0.15) is 0 Å². The molecule has 4 aromatic heterocycles. The number of imidazole rings is 2. The second-order valence-corrected chi connectivity index (χ2v) is 5.84. The molecule has 0 aliphatic carbocycles. The van der Waals surface area contributed by atoms with Crippen LogP contribution in [0.5, 0.6) is 0 Å². The highest BCUT2D eigenvalue weighted by molar-refractivity contribution is 5.18. The Morgan fingerprint density at radius 3 is 1.19 bits per heavy atom. The Bertz CT molecular complexity index is 852. The van der Waals surface area contributed by atoms with E-state index in [1.54, 1.807) is 34.2 Å². The Balaban J connectivity index is 0.000000151. The summed E-state index contributed by atoms with van der Waals surface area (Å²) >= 11 is 0. The van der Waals surface area contributed by atoms with Crippen LogP contribution in [0.25, 0.3) is 11.9 Å². The molecule has 0 N–H and O–H groups in total. The molecule has 0 aliphatic rings. The molecule has 0 saturated carbocycles. The lowest BCUT2D eigenvalue weighted by Gasteiger charge is -2.02. The molecule has 0 aliphatic heterocycles. The molecule has 0 radical (unpaired) electrons. The molecule has 4 heterocycles. The minimum atomic E-state index is 0.676. The van der Waals surface area contributed by atoms with E-state index < -0.39 is 0 Å². The molecule has 4 aromatic rings. The minimum absolute atomic E-state index is 0.676. The molecule has 4 rings (SSSR count). The molecule has 0 aromatic carbocycles. The number of hydrogen-bond donors (Lipinski definition) is 0. The van der Waals surface area contributed by atoms with Gasteiger partial charge in [-0.25, -0.2) is 29.9 Å². The Morgan fingerprint density at radius 2 is 0.923 bits per heavy atom. The molecule has 0 amide bonds. The topological polar surface area (TPSA) is 87.2 Å². The van der Waals surface area contributed by atoms with Crippen LogP contribution >= 0.6 is 0 Å². The third-order valence-electron chi connectivity index (χ3n) is 3.41. The SMILES string of the molecule is Cc1cc(C)nc(-n2ccnc2)n1.Cc1cc(C)nc(-n2ccnc2)n1. The molecule has 26 heavy (non-hydrogen) atoms. The largest absolute Gasteiger partial charge is 0.274 e. The van der Waals surface area contributed by atoms with Gasteiger partial charge in [-0.15, -0.1) is 0 Å². The van der Waals surface area contributed by atoms with E-state index in [1.165, 1.54) is 0 Å². The average molecular weight is 348 g/mol. The maximum atomic E-state index is 4.29. The van der Waals surface area contributed by atoms with Gasteiger partial charge in [0.05, 0.1) is 0 Å². The lowest BCUT2D eigenvalue weighted by molar-refractivity contribution is 0.893. The van der Waals surface area contributed by atoms with Crippen LogP contribution in [0.4, 0.5) is 0 Å². The van der Waals surface area contributed by atoms with Crippen molar-refractivity contribution >= 4 is 0 Å². The van der Waals surface area contributed by atoms with Gasteiger partial charge < -0.3 is 0 Å². The van der Waals surface area contributed by atoms with Crippen LogP contribution in [-0.2, 0) is 0 Å². The van der Waals surface area contributed by atoms with Gasteiger partial charge in [0.2, 0.25) is 11.9 Å². The van der Waals surface area contributed by atoms with Gasteiger partial charge in [-0.3, -0.25) is 9.13 Å². The van der Waals surface area contributed by atoms with E-state index in [-0.39, 0.29) is 0 Å². The molecule has 0 bridgehead atoms. The summed E-state index contributed by atoms with van der Waals surface area (Å²) in [7, 11) is 0. The van der Waals surface area contributed by atoms with Crippen LogP contribution in [0.2, 0.25) is 0 Å². The van der Waals surface area contributed by atoms with Crippen LogP contribution < -0.4 is 0 Å². The fraction of sp³-hybridized carbons (Fsp3) is 0.222. The first-order chi connectivity index (χ1) is 12.5. The third-order valence-corrected chi connectivity index (χ3v) is 3.41. The van der Waals surface area contributed by atoms with Crippen molar-refractivity contribution in [3.05, 3.63) is 72.4 Å². The highest BCUT2D eigenvalue weighted by Crippen LogP contribution is 2.04. The summed E-state index contributed by atoms with van der Waals surface area (Å²) in [5.41, 5.74) is 3.87. The van der Waals surface area contributed by atoms with Gasteiger partial charge in [-0.1, -0.05) is 0 Å². The van der Waals surface area contributed by atoms with Gasteiger partial charge in [0, 0.05) is 47.6 Å². The van der Waals surface area contributed by atoms with Crippen molar-refractivity contribution in [1.29, 1.82) is 0 Å². The average Bonchev–Trinajstić information content (AvgIpc) is 3.28. The van der Waals surface area contributed by atoms with E-state index in [2.05, 4.69) is 29.9 Å². The standard InChI is InChI=1S/2C9H10N4/c2*1-7-5-8(2)12-9(11-7)13-4-3-10-6-13/h2*3-6H,1-2H3. The highest BCUT2D eigenvalue weighted by atomic mass is 15.2. The first kappa shape index (κ1) is 17.4. The number of rotatable bonds is 2. The second-order valence-electron chi connectivity index (χ2n) is 5.84. The summed E-state index contributed by atoms with van der Waals surface area (Å²) in [5.74, 6) is 1.35. The summed E-state index contributed by atoms with van der Waals surface area (Å²) in [4.78, 5) is 25.0. The minimum Gasteiger partial charge on any atom is -0.274 e. The van der Waals surface area contributed by atoms with E-state index in [0.29, 0.717) is 11.9 Å². The van der Waals surface area contributed by atoms with Gasteiger partial charge in [-0.05, 0) is 39.8 Å². The molecule has 8 nitrogen and oxygen atoms in total. The number of aryl methyl sites for hydroxylation is 4. The molecular formula is C18H20N8. The fourth-order valence-corrected chi connectivity index (χ4v) is 2.40. The first-order valence-corrected chi connectivity index (χ1v) is 8.12. The predicted octanol–water partition coefficient (Wildman–Crippen LogP) is 2.56. The molecule has 0 atom stereocenters. The predicted molar refractivity (Wildman–Crippen MR) is 97.3 cm³/mol. The van der Waals surface area contributed by atoms with Crippen molar-refractivity contribution in [2.75, 3.05) is 0 Å². The first-order valence-electron chi connectivity index (χ1n) is 8.12. The number of nitrogens with zero attached hydrogens (tertiary/aromatic N) is 8. The van der Waals surface area contributed by atoms with Crippen molar-refractivity contribution in [3.63, 3.8) is 0 Å². The third kappa shape index (κ3) is 4.35. The van der Waals surface area contributed by atoms with Gasteiger partial charge >= 0.3 is 0 Å². The van der Waals surface area contributed by atoms with E-state index in [9.17, 15) is 0 Å². The van der Waals surface area contributed by atoms with Crippen LogP contribution in [0.15, 0.2) is 49.6 Å². The van der Waals surface area contributed by atoms with Gasteiger partial charge in [0.15, 0.2) is 0 Å². The normalized spacial score (nSPS) is 10.3. The van der Waals surface area contributed by atoms with Crippen LogP contribution in [0.1, 0.15) is 22.8 Å². The van der Waals surface area contributed by atoms with Crippen molar-refractivity contribution < 1.29 is 0 Å². The van der Waals surface area contributed by atoms with E-state index >= 15 is 0 Å². The van der Waals surface area contributed by atoms with Crippen LogP contribution in [0, 0.1) is 27.7 Å². The zero-order chi connectivity index (χ0) is 18.5. The summed E-state index contributed by atoms with van der Waals surface area (Å²) in [5, 5.41) is 0. The van der Waals surface area contributed by atoms with E-state index in [0.717, 1.165) is 22.8 Å². The Hall–Kier alpha value is -3.42. The number of aromatic nitrogens is 8. The number of hydrogen-bond acceptors (Lipinski definition) is 6. The summed E-state index contributed by atoms with van der Waals surface area (Å²) in [6.07, 6.45) is 10.5. The maximum Gasteiger partial charge on any atom is 0.235 e. The molecule has 0 saturated heterocycles. The Kier molecular flexibility index (Phi) is 5.12. The van der Waals surface area contributed by atoms with Gasteiger partial charge in [0.1, 0.15) is 12.7 Å². The van der Waals surface area contributed by atoms with Gasteiger partial charge in [0.25, 0.3) is 0 Å². The molecule has 0 spiro atoms. The Labute approximate surface area is 151 Å². The summed E-state index contributed by atoms with van der Waals surface area (Å²) in [6, 6.07) is 3.89. The van der Waals surface area contributed by atoms with Crippen molar-refractivity contribution in [3.8, 4) is 11.9 Å². The lowest BCUT2D eigenvalue weighted by atomic mass is 10.4. The molecule has 0 unspecified atom stereocenters. The molecular weight excluding hydrogens is 328 g/mol.